The molecule has 0 aliphatic carbocycles. The number of hydrogen-bond acceptors (Lipinski definition) is 4. The summed E-state index contributed by atoms with van der Waals surface area (Å²) < 4.78 is 9.21. The smallest absolute Gasteiger partial charge is 0.132 e. The van der Waals surface area contributed by atoms with E-state index in [4.69, 9.17) is 27.9 Å². The molecule has 1 aliphatic rings. The highest BCUT2D eigenvalue weighted by atomic mass is 35.5. The molecule has 2 atom stereocenters. The van der Waals surface area contributed by atoms with E-state index in [2.05, 4.69) is 43.7 Å². The standard InChI is InChI=1S/C17H29Cl2N2OPS/c1-6-9-10-23(5)24-21-17(11-22-12-17)15(13(4)7-2)16(19)20-14(18)8-3/h8,13,21H,3,6-7,9-12H2,1-2,4-5H3/b16-15+,20-14+. The molecule has 0 bridgehead atoms. The van der Waals surface area contributed by atoms with Crippen LogP contribution in [-0.2, 0) is 4.74 Å². The van der Waals surface area contributed by atoms with Crippen molar-refractivity contribution in [2.75, 3.05) is 26.0 Å². The minimum Gasteiger partial charge on any atom is -0.377 e. The van der Waals surface area contributed by atoms with Crippen LogP contribution in [-0.4, -0.2) is 36.8 Å². The van der Waals surface area contributed by atoms with E-state index < -0.39 is 0 Å². The van der Waals surface area contributed by atoms with Crippen molar-refractivity contribution in [1.29, 1.82) is 0 Å². The van der Waals surface area contributed by atoms with Gasteiger partial charge in [-0.1, -0.05) is 68.5 Å². The molecule has 1 heterocycles. The molecule has 7 heteroatoms. The van der Waals surface area contributed by atoms with Crippen LogP contribution in [0, 0.1) is 5.92 Å². The van der Waals surface area contributed by atoms with Crippen molar-refractivity contribution in [1.82, 2.24) is 4.72 Å². The average Bonchev–Trinajstić information content (AvgIpc) is 2.53. The molecule has 3 nitrogen and oxygen atoms in total. The molecule has 0 aromatic heterocycles. The Morgan fingerprint density at radius 3 is 2.58 bits per heavy atom. The van der Waals surface area contributed by atoms with Gasteiger partial charge in [-0.25, -0.2) is 9.71 Å². The number of nitrogens with zero attached hydrogens (tertiary/aromatic N) is 1. The molecule has 1 fully saturated rings. The van der Waals surface area contributed by atoms with Crippen molar-refractivity contribution in [3.63, 3.8) is 0 Å². The van der Waals surface area contributed by atoms with Crippen LogP contribution < -0.4 is 4.72 Å². The molecule has 0 spiro atoms. The third kappa shape index (κ3) is 6.30. The van der Waals surface area contributed by atoms with Crippen LogP contribution >= 0.6 is 41.9 Å². The second-order valence-corrected chi connectivity index (χ2v) is 11.4. The predicted octanol–water partition coefficient (Wildman–Crippen LogP) is 6.14. The van der Waals surface area contributed by atoms with E-state index in [0.29, 0.717) is 29.5 Å². The first-order valence-electron chi connectivity index (χ1n) is 8.40. The van der Waals surface area contributed by atoms with Gasteiger partial charge in [0, 0.05) is 0 Å². The Morgan fingerprint density at radius 2 is 2.12 bits per heavy atom. The second-order valence-electron chi connectivity index (χ2n) is 6.13. The number of ether oxygens (including phenoxy) is 1. The summed E-state index contributed by atoms with van der Waals surface area (Å²) >= 11 is 14.4. The summed E-state index contributed by atoms with van der Waals surface area (Å²) in [5.74, 6) is 0.297. The lowest BCUT2D eigenvalue weighted by Gasteiger charge is -2.46. The zero-order chi connectivity index (χ0) is 18.2. The largest absolute Gasteiger partial charge is 0.377 e. The molecule has 1 rings (SSSR count). The number of allylic oxidation sites excluding steroid dienone is 1. The van der Waals surface area contributed by atoms with Gasteiger partial charge < -0.3 is 4.74 Å². The maximum Gasteiger partial charge on any atom is 0.132 e. The number of rotatable bonds is 11. The normalized spacial score (nSPS) is 20.8. The molecular formula is C17H29Cl2N2OPS. The van der Waals surface area contributed by atoms with Crippen molar-refractivity contribution in [3.8, 4) is 0 Å². The summed E-state index contributed by atoms with van der Waals surface area (Å²) in [6.45, 7) is 13.7. The lowest BCUT2D eigenvalue weighted by molar-refractivity contribution is -0.0456. The number of halogens is 2. The van der Waals surface area contributed by atoms with Crippen molar-refractivity contribution in [2.45, 2.75) is 45.6 Å². The van der Waals surface area contributed by atoms with Crippen LogP contribution in [0.3, 0.4) is 0 Å². The van der Waals surface area contributed by atoms with E-state index >= 15 is 0 Å². The van der Waals surface area contributed by atoms with E-state index in [1.807, 2.05) is 11.6 Å². The van der Waals surface area contributed by atoms with Crippen LogP contribution in [0.2, 0.25) is 0 Å². The third-order valence-corrected chi connectivity index (χ3v) is 8.16. The number of aliphatic imine (C=N–C) groups is 1. The van der Waals surface area contributed by atoms with E-state index in [-0.39, 0.29) is 12.7 Å². The Morgan fingerprint density at radius 1 is 1.46 bits per heavy atom. The molecule has 0 radical (unpaired) electrons. The number of nitrogens with one attached hydrogen (secondary N) is 1. The van der Waals surface area contributed by atoms with Crippen LogP contribution in [0.25, 0.3) is 0 Å². The van der Waals surface area contributed by atoms with Crippen LogP contribution in [0.5, 0.6) is 0 Å². The average molecular weight is 411 g/mol. The zero-order valence-electron chi connectivity index (χ0n) is 15.1. The predicted molar refractivity (Wildman–Crippen MR) is 113 cm³/mol. The number of hydrogen-bond donors (Lipinski definition) is 1. The monoisotopic (exact) mass is 410 g/mol. The fourth-order valence-electron chi connectivity index (χ4n) is 2.44. The summed E-state index contributed by atoms with van der Waals surface area (Å²) in [7, 11) is -0.104. The molecule has 1 aliphatic heterocycles. The van der Waals surface area contributed by atoms with Gasteiger partial charge in [-0.3, -0.25) is 0 Å². The molecule has 1 N–H and O–H groups in total. The van der Waals surface area contributed by atoms with Crippen LogP contribution in [0.1, 0.15) is 40.0 Å². The molecule has 0 amide bonds. The fourth-order valence-corrected chi connectivity index (χ4v) is 6.09. The third-order valence-electron chi connectivity index (χ3n) is 4.14. The minimum atomic E-state index is -0.248. The van der Waals surface area contributed by atoms with Crippen LogP contribution in [0.4, 0.5) is 0 Å². The Labute approximate surface area is 162 Å². The van der Waals surface area contributed by atoms with E-state index in [1.165, 1.54) is 25.1 Å². The van der Waals surface area contributed by atoms with Crippen molar-refractivity contribution >= 4 is 47.1 Å². The lowest BCUT2D eigenvalue weighted by Crippen LogP contribution is -2.60. The van der Waals surface area contributed by atoms with Gasteiger partial charge >= 0.3 is 0 Å². The number of unbranched alkanes of at least 4 members (excludes halogenated alkanes) is 1. The van der Waals surface area contributed by atoms with E-state index in [1.54, 1.807) is 0 Å². The topological polar surface area (TPSA) is 33.6 Å². The van der Waals surface area contributed by atoms with E-state index in [0.717, 1.165) is 12.0 Å². The van der Waals surface area contributed by atoms with Gasteiger partial charge in [0.25, 0.3) is 0 Å². The molecule has 0 saturated carbocycles. The van der Waals surface area contributed by atoms with Gasteiger partial charge in [0.05, 0.1) is 18.8 Å². The maximum absolute atomic E-state index is 6.55. The highest BCUT2D eigenvalue weighted by Crippen LogP contribution is 2.48. The second kappa shape index (κ2) is 11.2. The van der Waals surface area contributed by atoms with Gasteiger partial charge in [0.1, 0.15) is 10.3 Å². The Balaban J connectivity index is 3.00. The summed E-state index contributed by atoms with van der Waals surface area (Å²) in [5.41, 5.74) is 0.839. The molecule has 1 saturated heterocycles. The zero-order valence-corrected chi connectivity index (χ0v) is 18.3. The molecule has 24 heavy (non-hydrogen) atoms. The molecular weight excluding hydrogens is 382 g/mol. The maximum atomic E-state index is 6.55. The molecule has 138 valence electrons. The summed E-state index contributed by atoms with van der Waals surface area (Å²) in [5, 5.41) is 0.768. The van der Waals surface area contributed by atoms with E-state index in [9.17, 15) is 0 Å². The summed E-state index contributed by atoms with van der Waals surface area (Å²) in [6, 6.07) is 0. The van der Waals surface area contributed by atoms with Gasteiger partial charge in [-0.15, -0.1) is 0 Å². The van der Waals surface area contributed by atoms with Crippen LogP contribution in [0.15, 0.2) is 28.4 Å². The summed E-state index contributed by atoms with van der Waals surface area (Å²) in [6.07, 6.45) is 6.25. The molecule has 0 aromatic rings. The fraction of sp³-hybridized carbons (Fsp3) is 0.706. The van der Waals surface area contributed by atoms with Gasteiger partial charge in [-0.2, -0.15) is 0 Å². The quantitative estimate of drug-likeness (QED) is 0.192. The Kier molecular flexibility index (Phi) is 10.5. The first kappa shape index (κ1) is 22.5. The van der Waals surface area contributed by atoms with Crippen molar-refractivity contribution in [3.05, 3.63) is 23.4 Å². The van der Waals surface area contributed by atoms with Gasteiger partial charge in [-0.05, 0) is 50.4 Å². The SMILES string of the molecule is C=C/C(Cl)=N\C(Cl)=C(/C(C)CC)C1(NSP(C)CCCC)COC1. The van der Waals surface area contributed by atoms with Crippen molar-refractivity contribution < 1.29 is 4.74 Å². The molecule has 2 unspecified atom stereocenters. The Bertz CT molecular complexity index is 481. The lowest BCUT2D eigenvalue weighted by atomic mass is 9.80. The Hall–Kier alpha value is 0.430. The molecule has 0 aromatic carbocycles. The summed E-state index contributed by atoms with van der Waals surface area (Å²) in [4.78, 5) is 4.30. The van der Waals surface area contributed by atoms with Gasteiger partial charge in [0.15, 0.2) is 0 Å². The highest BCUT2D eigenvalue weighted by molar-refractivity contribution is 8.54. The van der Waals surface area contributed by atoms with Crippen molar-refractivity contribution in [2.24, 2.45) is 10.9 Å². The first-order valence-corrected chi connectivity index (χ1v) is 12.5. The van der Waals surface area contributed by atoms with Gasteiger partial charge in [0.2, 0.25) is 0 Å². The first-order chi connectivity index (χ1) is 11.4. The minimum absolute atomic E-state index is 0.104. The highest BCUT2D eigenvalue weighted by Gasteiger charge is 2.45.